The second kappa shape index (κ2) is 4.49. The van der Waals surface area contributed by atoms with E-state index in [1.54, 1.807) is 0 Å². The highest BCUT2D eigenvalue weighted by Crippen LogP contribution is 2.42. The summed E-state index contributed by atoms with van der Waals surface area (Å²) in [6.07, 6.45) is -3.45. The first-order chi connectivity index (χ1) is 7.05. The van der Waals surface area contributed by atoms with E-state index in [0.717, 1.165) is 0 Å². The van der Waals surface area contributed by atoms with E-state index < -0.39 is 38.0 Å². The summed E-state index contributed by atoms with van der Waals surface area (Å²) >= 11 is 3.00. The molecule has 0 radical (unpaired) electrons. The van der Waals surface area contributed by atoms with Crippen LogP contribution >= 0.6 is 15.9 Å². The Bertz CT molecular complexity index is 358. The fraction of sp³-hybridized carbons (Fsp3) is 1.00. The second-order valence-corrected chi connectivity index (χ2v) is 7.63. The third-order valence-corrected chi connectivity index (χ3v) is 5.51. The van der Waals surface area contributed by atoms with Crippen molar-refractivity contribution < 1.29 is 21.8 Å². The molecule has 0 spiro atoms. The Kier molecular flexibility index (Phi) is 4.02. The van der Waals surface area contributed by atoms with Gasteiger partial charge in [0, 0.05) is 4.83 Å². The number of hydrogen-bond donors (Lipinski definition) is 1. The first-order valence-corrected chi connectivity index (χ1v) is 7.36. The maximum absolute atomic E-state index is 13.8. The summed E-state index contributed by atoms with van der Waals surface area (Å²) in [5.74, 6) is 0. The summed E-state index contributed by atoms with van der Waals surface area (Å²) in [5.41, 5.74) is -1.13. The molecule has 1 saturated carbocycles. The third-order valence-electron chi connectivity index (χ3n) is 2.98. The molecule has 0 aromatic rings. The summed E-state index contributed by atoms with van der Waals surface area (Å²) in [6, 6.07) is 0. The summed E-state index contributed by atoms with van der Waals surface area (Å²) < 4.78 is 58.7. The fourth-order valence-electron chi connectivity index (χ4n) is 2.31. The van der Waals surface area contributed by atoms with Gasteiger partial charge >= 0.3 is 0 Å². The van der Waals surface area contributed by atoms with Crippen molar-refractivity contribution in [3.8, 4) is 0 Å². The molecule has 7 heteroatoms. The molecule has 0 aromatic heterocycles. The van der Waals surface area contributed by atoms with Gasteiger partial charge in [-0.1, -0.05) is 29.8 Å². The molecule has 1 fully saturated rings. The molecule has 4 unspecified atom stereocenters. The van der Waals surface area contributed by atoms with Crippen molar-refractivity contribution in [1.82, 2.24) is 0 Å². The van der Waals surface area contributed by atoms with Crippen LogP contribution in [-0.2, 0) is 10.1 Å². The van der Waals surface area contributed by atoms with Crippen LogP contribution in [0.4, 0.5) is 8.78 Å². The predicted molar refractivity (Wildman–Crippen MR) is 60.9 cm³/mol. The zero-order valence-electron chi connectivity index (χ0n) is 9.03. The Labute approximate surface area is 102 Å². The summed E-state index contributed by atoms with van der Waals surface area (Å²) in [7, 11) is -4.52. The standard InChI is InChI=1S/C9H15BrF2O3S/c1-9(2)4-7(12)5(10)3-6(11)8(9)16(13,14)15/h5-8H,3-4H2,1-2H3,(H,13,14,15). The van der Waals surface area contributed by atoms with Gasteiger partial charge in [-0.2, -0.15) is 8.42 Å². The molecular weight excluding hydrogens is 306 g/mol. The van der Waals surface area contributed by atoms with E-state index in [-0.39, 0.29) is 12.8 Å². The summed E-state index contributed by atoms with van der Waals surface area (Å²) in [5, 5.41) is -1.57. The zero-order valence-corrected chi connectivity index (χ0v) is 11.4. The molecular formula is C9H15BrF2O3S. The number of hydrogen-bond acceptors (Lipinski definition) is 2. The highest BCUT2D eigenvalue weighted by atomic mass is 79.9. The molecule has 0 aliphatic heterocycles. The molecule has 3 nitrogen and oxygen atoms in total. The van der Waals surface area contributed by atoms with Gasteiger partial charge in [-0.15, -0.1) is 0 Å². The minimum atomic E-state index is -4.52. The molecule has 16 heavy (non-hydrogen) atoms. The Balaban J connectivity index is 3.14. The van der Waals surface area contributed by atoms with Gasteiger partial charge in [0.25, 0.3) is 10.1 Å². The monoisotopic (exact) mass is 320 g/mol. The summed E-state index contributed by atoms with van der Waals surface area (Å²) in [4.78, 5) is -0.714. The van der Waals surface area contributed by atoms with Gasteiger partial charge in [-0.05, 0) is 18.3 Å². The lowest BCUT2D eigenvalue weighted by molar-refractivity contribution is 0.188. The van der Waals surface area contributed by atoms with Gasteiger partial charge in [0.15, 0.2) is 0 Å². The van der Waals surface area contributed by atoms with Crippen LogP contribution in [0.2, 0.25) is 0 Å². The number of rotatable bonds is 1. The van der Waals surface area contributed by atoms with Crippen molar-refractivity contribution in [2.45, 2.75) is 49.1 Å². The zero-order chi connectivity index (χ0) is 12.7. The molecule has 4 atom stereocenters. The van der Waals surface area contributed by atoms with E-state index in [9.17, 15) is 17.2 Å². The van der Waals surface area contributed by atoms with Gasteiger partial charge in [0.2, 0.25) is 0 Å². The highest BCUT2D eigenvalue weighted by Gasteiger charge is 2.50. The van der Waals surface area contributed by atoms with Crippen LogP contribution in [0.1, 0.15) is 26.7 Å². The van der Waals surface area contributed by atoms with Gasteiger partial charge in [-0.3, -0.25) is 4.55 Å². The van der Waals surface area contributed by atoms with Crippen LogP contribution in [0.3, 0.4) is 0 Å². The molecule has 96 valence electrons. The molecule has 0 saturated heterocycles. The average molecular weight is 321 g/mol. The van der Waals surface area contributed by atoms with Crippen LogP contribution in [0.5, 0.6) is 0 Å². The highest BCUT2D eigenvalue weighted by molar-refractivity contribution is 9.09. The van der Waals surface area contributed by atoms with E-state index in [1.807, 2.05) is 0 Å². The quantitative estimate of drug-likeness (QED) is 0.459. The Morgan fingerprint density at radius 2 is 1.81 bits per heavy atom. The van der Waals surface area contributed by atoms with E-state index >= 15 is 0 Å². The number of halogens is 3. The topological polar surface area (TPSA) is 54.4 Å². The summed E-state index contributed by atoms with van der Waals surface area (Å²) in [6.45, 7) is 2.91. The fourth-order valence-corrected chi connectivity index (χ4v) is 4.24. The predicted octanol–water partition coefficient (Wildman–Crippen LogP) is 2.50. The Morgan fingerprint density at radius 3 is 2.25 bits per heavy atom. The van der Waals surface area contributed by atoms with Crippen molar-refractivity contribution in [2.75, 3.05) is 0 Å². The SMILES string of the molecule is CC1(C)CC(F)C(Br)CC(F)C1S(=O)(=O)O. The molecule has 0 amide bonds. The molecule has 1 rings (SSSR count). The van der Waals surface area contributed by atoms with E-state index in [0.29, 0.717) is 0 Å². The van der Waals surface area contributed by atoms with Crippen LogP contribution in [0, 0.1) is 5.41 Å². The maximum atomic E-state index is 13.8. The van der Waals surface area contributed by atoms with Gasteiger partial charge in [0.1, 0.15) is 17.6 Å². The smallest absolute Gasteiger partial charge is 0.271 e. The van der Waals surface area contributed by atoms with Gasteiger partial charge in [-0.25, -0.2) is 8.78 Å². The van der Waals surface area contributed by atoms with Crippen LogP contribution in [0.15, 0.2) is 0 Å². The lowest BCUT2D eigenvalue weighted by atomic mass is 9.83. The van der Waals surface area contributed by atoms with Crippen molar-refractivity contribution in [2.24, 2.45) is 5.41 Å². The molecule has 1 aliphatic carbocycles. The maximum Gasteiger partial charge on any atom is 0.271 e. The van der Waals surface area contributed by atoms with Crippen molar-refractivity contribution in [3.05, 3.63) is 0 Å². The van der Waals surface area contributed by atoms with Crippen molar-refractivity contribution >= 4 is 26.0 Å². The lowest BCUT2D eigenvalue weighted by Crippen LogP contribution is -2.42. The van der Waals surface area contributed by atoms with Crippen LogP contribution in [0.25, 0.3) is 0 Å². The van der Waals surface area contributed by atoms with Crippen molar-refractivity contribution in [1.29, 1.82) is 0 Å². The Hall–Kier alpha value is 0.250. The van der Waals surface area contributed by atoms with Crippen molar-refractivity contribution in [3.63, 3.8) is 0 Å². The minimum absolute atomic E-state index is 0.103. The molecule has 0 bridgehead atoms. The first kappa shape index (κ1) is 14.3. The third kappa shape index (κ3) is 2.92. The van der Waals surface area contributed by atoms with E-state index in [4.69, 9.17) is 4.55 Å². The van der Waals surface area contributed by atoms with Crippen LogP contribution < -0.4 is 0 Å². The largest absolute Gasteiger partial charge is 0.285 e. The molecule has 1 aliphatic rings. The second-order valence-electron chi connectivity index (χ2n) is 4.91. The number of alkyl halides is 3. The van der Waals surface area contributed by atoms with E-state index in [2.05, 4.69) is 15.9 Å². The molecule has 1 N–H and O–H groups in total. The lowest BCUT2D eigenvalue weighted by Gasteiger charge is -2.31. The normalized spacial score (nSPS) is 40.4. The molecule has 0 aromatic carbocycles. The van der Waals surface area contributed by atoms with Gasteiger partial charge < -0.3 is 0 Å². The minimum Gasteiger partial charge on any atom is -0.285 e. The van der Waals surface area contributed by atoms with E-state index in [1.165, 1.54) is 13.8 Å². The van der Waals surface area contributed by atoms with Crippen LogP contribution in [-0.4, -0.2) is 35.4 Å². The first-order valence-electron chi connectivity index (χ1n) is 4.94. The van der Waals surface area contributed by atoms with Gasteiger partial charge in [0.05, 0.1) is 0 Å². The molecule has 0 heterocycles. The average Bonchev–Trinajstić information content (AvgIpc) is 2.04. The Morgan fingerprint density at radius 1 is 1.31 bits per heavy atom.